The summed E-state index contributed by atoms with van der Waals surface area (Å²) in [6, 6.07) is 8.24. The van der Waals surface area contributed by atoms with E-state index in [4.69, 9.17) is 5.11 Å². The molecule has 0 saturated carbocycles. The van der Waals surface area contributed by atoms with Gasteiger partial charge in [-0.1, -0.05) is 38.1 Å². The summed E-state index contributed by atoms with van der Waals surface area (Å²) in [6.45, 7) is 4.84. The Hall–Kier alpha value is -1.49. The Morgan fingerprint density at radius 2 is 2.04 bits per heavy atom. The van der Waals surface area contributed by atoms with Crippen LogP contribution < -0.4 is 0 Å². The number of benzene rings is 1. The van der Waals surface area contributed by atoms with E-state index in [2.05, 4.69) is 38.1 Å². The number of carboxylic acids is 1. The van der Waals surface area contributed by atoms with Crippen LogP contribution in [-0.4, -0.2) is 46.0 Å². The number of rotatable bonds is 6. The van der Waals surface area contributed by atoms with Gasteiger partial charge in [0.25, 0.3) is 0 Å². The largest absolute Gasteiger partial charge is 0.481 e. The van der Waals surface area contributed by atoms with E-state index in [1.165, 1.54) is 5.56 Å². The van der Waals surface area contributed by atoms with Crippen LogP contribution in [0.15, 0.2) is 24.3 Å². The number of aryl methyl sites for hydroxylation is 1. The highest BCUT2D eigenvalue weighted by molar-refractivity contribution is 7.99. The lowest BCUT2D eigenvalue weighted by Gasteiger charge is -2.35. The highest BCUT2D eigenvalue weighted by Gasteiger charge is 2.29. The summed E-state index contributed by atoms with van der Waals surface area (Å²) in [4.78, 5) is 25.4. The average Bonchev–Trinajstić information content (AvgIpc) is 2.54. The third-order valence-electron chi connectivity index (χ3n) is 4.40. The number of amides is 1. The highest BCUT2D eigenvalue weighted by atomic mass is 32.2. The van der Waals surface area contributed by atoms with Gasteiger partial charge in [0.1, 0.15) is 0 Å². The Morgan fingerprint density at radius 1 is 1.35 bits per heavy atom. The molecule has 2 rings (SSSR count). The fourth-order valence-electron chi connectivity index (χ4n) is 2.93. The van der Waals surface area contributed by atoms with Crippen molar-refractivity contribution in [2.75, 3.05) is 18.1 Å². The lowest BCUT2D eigenvalue weighted by atomic mass is 9.95. The van der Waals surface area contributed by atoms with Gasteiger partial charge in [0.2, 0.25) is 5.91 Å². The van der Waals surface area contributed by atoms with Gasteiger partial charge in [0.05, 0.1) is 12.5 Å². The zero-order valence-electron chi connectivity index (χ0n) is 13.8. The van der Waals surface area contributed by atoms with Gasteiger partial charge in [-0.25, -0.2) is 0 Å². The van der Waals surface area contributed by atoms with Crippen molar-refractivity contribution >= 4 is 23.6 Å². The van der Waals surface area contributed by atoms with Crippen LogP contribution in [0, 0.1) is 0 Å². The van der Waals surface area contributed by atoms with E-state index in [9.17, 15) is 9.59 Å². The number of nitrogens with zero attached hydrogens (tertiary/aromatic N) is 1. The van der Waals surface area contributed by atoms with Crippen molar-refractivity contribution in [3.05, 3.63) is 35.4 Å². The lowest BCUT2D eigenvalue weighted by Crippen LogP contribution is -2.47. The minimum atomic E-state index is -0.835. The lowest BCUT2D eigenvalue weighted by molar-refractivity contribution is -0.140. The molecule has 1 amide bonds. The van der Waals surface area contributed by atoms with Gasteiger partial charge in [-0.15, -0.1) is 0 Å². The minimum Gasteiger partial charge on any atom is -0.481 e. The first-order valence-corrected chi connectivity index (χ1v) is 9.34. The van der Waals surface area contributed by atoms with Crippen LogP contribution in [0.3, 0.4) is 0 Å². The molecule has 126 valence electrons. The molecule has 0 bridgehead atoms. The molecule has 23 heavy (non-hydrogen) atoms. The van der Waals surface area contributed by atoms with Gasteiger partial charge in [0.15, 0.2) is 0 Å². The van der Waals surface area contributed by atoms with Crippen LogP contribution in [0.25, 0.3) is 0 Å². The molecule has 1 N–H and O–H groups in total. The number of hydrogen-bond donors (Lipinski definition) is 1. The molecule has 1 aromatic carbocycles. The Labute approximate surface area is 142 Å². The van der Waals surface area contributed by atoms with Gasteiger partial charge < -0.3 is 10.0 Å². The molecule has 0 aromatic heterocycles. The fourth-order valence-corrected chi connectivity index (χ4v) is 4.00. The van der Waals surface area contributed by atoms with Crippen LogP contribution in [0.5, 0.6) is 0 Å². The summed E-state index contributed by atoms with van der Waals surface area (Å²) in [6.07, 6.45) is 1.49. The molecule has 1 aliphatic heterocycles. The van der Waals surface area contributed by atoms with Crippen molar-refractivity contribution in [3.8, 4) is 0 Å². The van der Waals surface area contributed by atoms with E-state index >= 15 is 0 Å². The van der Waals surface area contributed by atoms with Gasteiger partial charge in [0, 0.05) is 24.5 Å². The van der Waals surface area contributed by atoms with Crippen LogP contribution in [-0.2, 0) is 16.0 Å². The van der Waals surface area contributed by atoms with Crippen molar-refractivity contribution in [1.82, 2.24) is 4.90 Å². The first-order valence-electron chi connectivity index (χ1n) is 8.19. The van der Waals surface area contributed by atoms with Crippen molar-refractivity contribution in [1.29, 1.82) is 0 Å². The maximum absolute atomic E-state index is 12.6. The molecule has 1 heterocycles. The molecule has 4 nitrogen and oxygen atoms in total. The van der Waals surface area contributed by atoms with E-state index in [-0.39, 0.29) is 24.3 Å². The van der Waals surface area contributed by atoms with Gasteiger partial charge in [-0.2, -0.15) is 11.8 Å². The summed E-state index contributed by atoms with van der Waals surface area (Å²) >= 11 is 1.73. The van der Waals surface area contributed by atoms with Crippen molar-refractivity contribution in [2.45, 2.75) is 45.1 Å². The molecule has 0 spiro atoms. The summed E-state index contributed by atoms with van der Waals surface area (Å²) < 4.78 is 0. The number of hydrogen-bond acceptors (Lipinski definition) is 3. The number of thioether (sulfide) groups is 1. The Kier molecular flexibility index (Phi) is 6.51. The second-order valence-corrected chi connectivity index (χ2v) is 7.26. The zero-order chi connectivity index (χ0) is 16.8. The first-order chi connectivity index (χ1) is 11.0. The topological polar surface area (TPSA) is 57.6 Å². The minimum absolute atomic E-state index is 0.0400. The van der Waals surface area contributed by atoms with Gasteiger partial charge in [-0.3, -0.25) is 9.59 Å². The molecule has 0 aliphatic carbocycles. The number of carboxylic acid groups (broad SMARTS) is 1. The molecule has 1 fully saturated rings. The molecule has 1 aromatic rings. The maximum Gasteiger partial charge on any atom is 0.305 e. The monoisotopic (exact) mass is 335 g/mol. The highest BCUT2D eigenvalue weighted by Crippen LogP contribution is 2.25. The summed E-state index contributed by atoms with van der Waals surface area (Å²) in [7, 11) is 0. The Bertz CT molecular complexity index is 544. The van der Waals surface area contributed by atoms with E-state index in [1.54, 1.807) is 16.7 Å². The number of aliphatic carboxylic acids is 1. The molecule has 1 aliphatic rings. The molecular formula is C18H25NO3S. The standard InChI is InChI=1S/C18H25NO3S/c1-3-14-4-6-15(7-5-14)13(2)10-17(20)19-8-9-23-12-16(19)11-18(21)22/h4-7,13,16H,3,8-12H2,1-2H3,(H,21,22)/t13-,16-/m0/s1. The molecular weight excluding hydrogens is 310 g/mol. The van der Waals surface area contributed by atoms with Crippen LogP contribution in [0.2, 0.25) is 0 Å². The smallest absolute Gasteiger partial charge is 0.305 e. The average molecular weight is 335 g/mol. The second kappa shape index (κ2) is 8.39. The molecule has 0 unspecified atom stereocenters. The predicted molar refractivity (Wildman–Crippen MR) is 93.9 cm³/mol. The normalized spacial score (nSPS) is 19.4. The maximum atomic E-state index is 12.6. The fraction of sp³-hybridized carbons (Fsp3) is 0.556. The third-order valence-corrected chi connectivity index (χ3v) is 5.49. The van der Waals surface area contributed by atoms with Crippen LogP contribution in [0.1, 0.15) is 43.7 Å². The number of carbonyl (C=O) groups is 2. The van der Waals surface area contributed by atoms with Crippen molar-refractivity contribution < 1.29 is 14.7 Å². The Morgan fingerprint density at radius 3 is 2.65 bits per heavy atom. The van der Waals surface area contributed by atoms with Gasteiger partial charge >= 0.3 is 5.97 Å². The van der Waals surface area contributed by atoms with E-state index in [1.807, 2.05) is 0 Å². The first kappa shape index (κ1) is 17.9. The SMILES string of the molecule is CCc1ccc([C@@H](C)CC(=O)N2CCSC[C@@H]2CC(=O)O)cc1. The van der Waals surface area contributed by atoms with E-state index in [0.717, 1.165) is 23.5 Å². The zero-order valence-corrected chi connectivity index (χ0v) is 14.6. The van der Waals surface area contributed by atoms with E-state index in [0.29, 0.717) is 13.0 Å². The molecule has 2 atom stereocenters. The van der Waals surface area contributed by atoms with E-state index < -0.39 is 5.97 Å². The number of carbonyl (C=O) groups excluding carboxylic acids is 1. The predicted octanol–water partition coefficient (Wildman–Crippen LogP) is 3.16. The molecule has 1 saturated heterocycles. The summed E-state index contributed by atoms with van der Waals surface area (Å²) in [5.41, 5.74) is 2.46. The van der Waals surface area contributed by atoms with Crippen LogP contribution >= 0.6 is 11.8 Å². The Balaban J connectivity index is 1.99. The third kappa shape index (κ3) is 4.99. The summed E-state index contributed by atoms with van der Waals surface area (Å²) in [5, 5.41) is 9.03. The van der Waals surface area contributed by atoms with Crippen LogP contribution in [0.4, 0.5) is 0 Å². The van der Waals surface area contributed by atoms with Gasteiger partial charge in [-0.05, 0) is 23.5 Å². The quantitative estimate of drug-likeness (QED) is 0.867. The molecule has 5 heteroatoms. The summed E-state index contributed by atoms with van der Waals surface area (Å²) in [5.74, 6) is 0.995. The van der Waals surface area contributed by atoms with Crippen molar-refractivity contribution in [3.63, 3.8) is 0 Å². The second-order valence-electron chi connectivity index (χ2n) is 6.11. The van der Waals surface area contributed by atoms with Crippen molar-refractivity contribution in [2.24, 2.45) is 0 Å². The molecule has 0 radical (unpaired) electrons.